The van der Waals surface area contributed by atoms with Crippen LogP contribution in [-0.4, -0.2) is 50.6 Å². The molecule has 0 aliphatic carbocycles. The minimum atomic E-state index is -4.10. The second kappa shape index (κ2) is 9.82. The van der Waals surface area contributed by atoms with Gasteiger partial charge in [0, 0.05) is 18.1 Å². The van der Waals surface area contributed by atoms with Gasteiger partial charge in [-0.15, -0.1) is 0 Å². The maximum absolute atomic E-state index is 13.2. The number of benzene rings is 1. The zero-order valence-electron chi connectivity index (χ0n) is 18.1. The molecule has 34 heavy (non-hydrogen) atoms. The summed E-state index contributed by atoms with van der Waals surface area (Å²) in [6, 6.07) is 5.24. The van der Waals surface area contributed by atoms with Crippen molar-refractivity contribution in [3.05, 3.63) is 51.3 Å². The van der Waals surface area contributed by atoms with E-state index in [0.29, 0.717) is 0 Å². The van der Waals surface area contributed by atoms with E-state index in [9.17, 15) is 32.8 Å². The first-order valence-electron chi connectivity index (χ1n) is 9.98. The number of nitrogens with zero attached hydrogens (tertiary/aromatic N) is 3. The van der Waals surface area contributed by atoms with Crippen molar-refractivity contribution < 1.29 is 32.2 Å². The van der Waals surface area contributed by atoms with Gasteiger partial charge in [0.05, 0.1) is 24.3 Å². The van der Waals surface area contributed by atoms with Gasteiger partial charge in [-0.25, -0.2) is 17.6 Å². The summed E-state index contributed by atoms with van der Waals surface area (Å²) >= 11 is 5.86. The summed E-state index contributed by atoms with van der Waals surface area (Å²) in [4.78, 5) is 29.9. The lowest BCUT2D eigenvalue weighted by molar-refractivity contribution is -0.123. The van der Waals surface area contributed by atoms with E-state index in [2.05, 4.69) is 4.98 Å². The second-order valence-corrected chi connectivity index (χ2v) is 9.64. The van der Waals surface area contributed by atoms with Crippen LogP contribution in [0, 0.1) is 23.1 Å². The fourth-order valence-electron chi connectivity index (χ4n) is 3.60. The van der Waals surface area contributed by atoms with Crippen LogP contribution in [0.4, 0.5) is 10.2 Å². The van der Waals surface area contributed by atoms with Crippen LogP contribution >= 0.6 is 11.6 Å². The molecule has 0 radical (unpaired) electrons. The van der Waals surface area contributed by atoms with E-state index in [1.807, 2.05) is 10.8 Å². The fraction of sp³-hybridized carbons (Fsp3) is 0.333. The quantitative estimate of drug-likeness (QED) is 0.544. The average Bonchev–Trinajstić information content (AvgIpc) is 2.72. The van der Waals surface area contributed by atoms with E-state index in [-0.39, 0.29) is 58.5 Å². The van der Waals surface area contributed by atoms with Crippen molar-refractivity contribution in [3.63, 3.8) is 0 Å². The van der Waals surface area contributed by atoms with Gasteiger partial charge in [-0.2, -0.15) is 10.2 Å². The Hall–Kier alpha value is -3.43. The number of hydrogen-bond acceptors (Lipinski definition) is 8. The predicted octanol–water partition coefficient (Wildman–Crippen LogP) is 2.10. The Bertz CT molecular complexity index is 1310. The molecule has 10 nitrogen and oxygen atoms in total. The van der Waals surface area contributed by atoms with Gasteiger partial charge >= 0.3 is 5.97 Å². The minimum Gasteiger partial charge on any atom is -0.480 e. The summed E-state index contributed by atoms with van der Waals surface area (Å²) in [7, 11) is -2.84. The number of pyridine rings is 1. The zero-order chi connectivity index (χ0) is 25.2. The maximum Gasteiger partial charge on any atom is 0.341 e. The van der Waals surface area contributed by atoms with E-state index in [0.717, 1.165) is 12.1 Å². The highest BCUT2D eigenvalue weighted by Gasteiger charge is 2.38. The van der Waals surface area contributed by atoms with Gasteiger partial charge in [-0.05, 0) is 29.7 Å². The zero-order valence-corrected chi connectivity index (χ0v) is 19.7. The van der Waals surface area contributed by atoms with Crippen LogP contribution in [0.3, 0.4) is 0 Å². The van der Waals surface area contributed by atoms with Crippen LogP contribution < -0.4 is 14.4 Å². The number of carbonyl (C=O) groups is 2. The molecular weight excluding hydrogens is 491 g/mol. The van der Waals surface area contributed by atoms with Gasteiger partial charge in [0.1, 0.15) is 17.4 Å². The number of sulfonamides is 1. The number of aromatic nitrogens is 1. The number of amides is 1. The molecule has 3 rings (SSSR count). The molecule has 180 valence electrons. The average molecular weight is 511 g/mol. The lowest BCUT2D eigenvalue weighted by Crippen LogP contribution is -2.55. The number of ether oxygens (including phenoxy) is 1. The molecule has 1 aliphatic rings. The second-order valence-electron chi connectivity index (χ2n) is 7.51. The van der Waals surface area contributed by atoms with Crippen LogP contribution in [0.1, 0.15) is 34.0 Å². The summed E-state index contributed by atoms with van der Waals surface area (Å²) in [5.41, 5.74) is 0.242. The molecule has 2 aromatic rings. The Kier molecular flexibility index (Phi) is 7.28. The number of halogens is 2. The normalized spacial score (nSPS) is 13.7. The number of hydrogen-bond donors (Lipinski definition) is 2. The monoisotopic (exact) mass is 510 g/mol. The lowest BCUT2D eigenvalue weighted by Gasteiger charge is -2.39. The van der Waals surface area contributed by atoms with Gasteiger partial charge in [-0.1, -0.05) is 24.6 Å². The number of nitriles is 1. The van der Waals surface area contributed by atoms with Gasteiger partial charge in [-0.3, -0.25) is 9.52 Å². The first-order chi connectivity index (χ1) is 16.0. The van der Waals surface area contributed by atoms with Crippen molar-refractivity contribution in [1.29, 1.82) is 5.26 Å². The van der Waals surface area contributed by atoms with Crippen LogP contribution in [0.25, 0.3) is 0 Å². The molecule has 0 unspecified atom stereocenters. The number of anilines is 1. The standard InChI is InChI=1S/C21H20ClFN4O6S/c1-3-14-15(7-24)18(25-20(33-2)17(14)21(29)30)27-8-12(9-27)19(28)26-34(31,32)10-11-4-5-13(23)6-16(11)22/h4-6,12H,3,8-10H2,1-2H3,(H,26,28)(H,29,30). The number of aromatic carboxylic acids is 1. The Balaban J connectivity index is 1.75. The van der Waals surface area contributed by atoms with Crippen LogP contribution in [0.15, 0.2) is 18.2 Å². The topological polar surface area (TPSA) is 150 Å². The summed E-state index contributed by atoms with van der Waals surface area (Å²) in [6.45, 7) is 1.80. The van der Waals surface area contributed by atoms with Crippen LogP contribution in [0.5, 0.6) is 5.88 Å². The van der Waals surface area contributed by atoms with Crippen LogP contribution in [-0.2, 0) is 27.0 Å². The molecule has 2 heterocycles. The molecule has 13 heteroatoms. The van der Waals surface area contributed by atoms with Crippen molar-refractivity contribution in [3.8, 4) is 11.9 Å². The van der Waals surface area contributed by atoms with Gasteiger partial charge in [0.2, 0.25) is 21.8 Å². The number of carbonyl (C=O) groups excluding carboxylic acids is 1. The molecule has 2 N–H and O–H groups in total. The van der Waals surface area contributed by atoms with E-state index >= 15 is 0 Å². The number of rotatable bonds is 8. The fourth-order valence-corrected chi connectivity index (χ4v) is 5.12. The number of methoxy groups -OCH3 is 1. The number of nitrogens with one attached hydrogen (secondary N) is 1. The Labute approximate surface area is 200 Å². The molecule has 0 atom stereocenters. The summed E-state index contributed by atoms with van der Waals surface area (Å²) in [5.74, 6) is -3.98. The van der Waals surface area contributed by atoms with E-state index < -0.39 is 39.4 Å². The molecule has 1 fully saturated rings. The van der Waals surface area contributed by atoms with Crippen molar-refractivity contribution in [2.45, 2.75) is 19.1 Å². The Morgan fingerprint density at radius 1 is 1.41 bits per heavy atom. The summed E-state index contributed by atoms with van der Waals surface area (Å²) in [6.07, 6.45) is 0.234. The largest absolute Gasteiger partial charge is 0.480 e. The first kappa shape index (κ1) is 25.2. The summed E-state index contributed by atoms with van der Waals surface area (Å²) in [5, 5.41) is 19.1. The molecule has 1 aliphatic heterocycles. The highest BCUT2D eigenvalue weighted by atomic mass is 35.5. The van der Waals surface area contributed by atoms with E-state index in [4.69, 9.17) is 16.3 Å². The Morgan fingerprint density at radius 2 is 2.09 bits per heavy atom. The third-order valence-corrected chi connectivity index (χ3v) is 6.84. The van der Waals surface area contributed by atoms with Crippen molar-refractivity contribution in [2.24, 2.45) is 5.92 Å². The smallest absolute Gasteiger partial charge is 0.341 e. The molecule has 0 spiro atoms. The third-order valence-electron chi connectivity index (χ3n) is 5.29. The van der Waals surface area contributed by atoms with Gasteiger partial charge < -0.3 is 14.7 Å². The molecule has 1 saturated heterocycles. The van der Waals surface area contributed by atoms with Crippen molar-refractivity contribution >= 4 is 39.3 Å². The predicted molar refractivity (Wildman–Crippen MR) is 120 cm³/mol. The SMILES string of the molecule is CCc1c(C#N)c(N2CC(C(=O)NS(=O)(=O)Cc3ccc(F)cc3Cl)C2)nc(OC)c1C(=O)O. The highest BCUT2D eigenvalue weighted by Crippen LogP contribution is 2.34. The maximum atomic E-state index is 13.2. The van der Waals surface area contributed by atoms with E-state index in [1.165, 1.54) is 13.2 Å². The van der Waals surface area contributed by atoms with Gasteiger partial charge in [0.15, 0.2) is 5.82 Å². The van der Waals surface area contributed by atoms with Crippen LogP contribution in [0.2, 0.25) is 5.02 Å². The molecule has 1 amide bonds. The Morgan fingerprint density at radius 3 is 2.62 bits per heavy atom. The first-order valence-corrected chi connectivity index (χ1v) is 12.0. The highest BCUT2D eigenvalue weighted by molar-refractivity contribution is 7.89. The number of carboxylic acids is 1. The lowest BCUT2D eigenvalue weighted by atomic mass is 9.96. The van der Waals surface area contributed by atoms with Crippen molar-refractivity contribution in [2.75, 3.05) is 25.1 Å². The third kappa shape index (κ3) is 5.05. The summed E-state index contributed by atoms with van der Waals surface area (Å²) < 4.78 is 45.0. The molecule has 1 aromatic heterocycles. The molecule has 1 aromatic carbocycles. The van der Waals surface area contributed by atoms with Crippen molar-refractivity contribution in [1.82, 2.24) is 9.71 Å². The minimum absolute atomic E-state index is 0.0538. The molecule has 0 bridgehead atoms. The number of carboxylic acid groups (broad SMARTS) is 1. The molecule has 0 saturated carbocycles. The van der Waals surface area contributed by atoms with Gasteiger partial charge in [0.25, 0.3) is 0 Å². The molecular formula is C21H20ClFN4O6S. The van der Waals surface area contributed by atoms with E-state index in [1.54, 1.807) is 11.8 Å².